The van der Waals surface area contributed by atoms with Gasteiger partial charge in [-0.3, -0.25) is 9.59 Å². The predicted molar refractivity (Wildman–Crippen MR) is 106 cm³/mol. The first-order valence-electron chi connectivity index (χ1n) is 9.51. The lowest BCUT2D eigenvalue weighted by Gasteiger charge is -2.33. The molecule has 0 saturated carbocycles. The van der Waals surface area contributed by atoms with Crippen LogP contribution in [0.2, 0.25) is 0 Å². The van der Waals surface area contributed by atoms with Gasteiger partial charge >= 0.3 is 0 Å². The number of carbonyl (C=O) groups excluding carboxylic acids is 2. The van der Waals surface area contributed by atoms with Gasteiger partial charge in [0.2, 0.25) is 5.91 Å². The van der Waals surface area contributed by atoms with Crippen LogP contribution in [0, 0.1) is 11.7 Å². The van der Waals surface area contributed by atoms with Crippen LogP contribution in [-0.2, 0) is 4.79 Å². The summed E-state index contributed by atoms with van der Waals surface area (Å²) in [4.78, 5) is 33.9. The molecule has 1 aliphatic rings. The fourth-order valence-electron chi connectivity index (χ4n) is 2.91. The minimum absolute atomic E-state index is 0.0520. The number of hydrogen-bond acceptors (Lipinski definition) is 5. The Bertz CT molecular complexity index is 942. The van der Waals surface area contributed by atoms with Gasteiger partial charge in [0.1, 0.15) is 11.6 Å². The number of piperidine rings is 1. The number of rotatable bonds is 5. The second kappa shape index (κ2) is 8.68. The van der Waals surface area contributed by atoms with Crippen molar-refractivity contribution < 1.29 is 22.8 Å². The molecule has 2 aromatic heterocycles. The number of carbonyl (C=O) groups is 2. The van der Waals surface area contributed by atoms with Crippen molar-refractivity contribution >= 4 is 29.1 Å². The Hall–Kier alpha value is -3.17. The summed E-state index contributed by atoms with van der Waals surface area (Å²) >= 11 is 0. The van der Waals surface area contributed by atoms with Gasteiger partial charge in [-0.05, 0) is 12.1 Å². The molecular formula is C20H22F3N5O2. The van der Waals surface area contributed by atoms with Gasteiger partial charge in [-0.25, -0.2) is 23.1 Å². The Morgan fingerprint density at radius 1 is 1.10 bits per heavy atom. The third-order valence-electron chi connectivity index (χ3n) is 4.72. The van der Waals surface area contributed by atoms with E-state index >= 15 is 0 Å². The van der Waals surface area contributed by atoms with Gasteiger partial charge in [0.05, 0.1) is 11.8 Å². The second-order valence-corrected chi connectivity index (χ2v) is 7.39. The number of aromatic nitrogens is 2. The van der Waals surface area contributed by atoms with E-state index in [4.69, 9.17) is 0 Å². The van der Waals surface area contributed by atoms with E-state index in [0.29, 0.717) is 5.69 Å². The zero-order valence-corrected chi connectivity index (χ0v) is 16.6. The summed E-state index contributed by atoms with van der Waals surface area (Å²) < 4.78 is 40.9. The molecule has 1 aliphatic heterocycles. The highest BCUT2D eigenvalue weighted by atomic mass is 19.3. The lowest BCUT2D eigenvalue weighted by atomic mass is 10.1. The summed E-state index contributed by atoms with van der Waals surface area (Å²) in [6.45, 7) is 3.74. The molecule has 160 valence electrons. The Balaban J connectivity index is 1.72. The Labute approximate surface area is 171 Å². The third kappa shape index (κ3) is 5.25. The molecule has 0 radical (unpaired) electrons. The number of amides is 2. The minimum Gasteiger partial charge on any atom is -0.371 e. The van der Waals surface area contributed by atoms with Crippen LogP contribution in [0.15, 0.2) is 30.6 Å². The van der Waals surface area contributed by atoms with Crippen molar-refractivity contribution in [3.63, 3.8) is 0 Å². The molecule has 0 bridgehead atoms. The van der Waals surface area contributed by atoms with Gasteiger partial charge in [0.15, 0.2) is 5.82 Å². The molecule has 0 aromatic carbocycles. The molecule has 0 unspecified atom stereocenters. The maximum atomic E-state index is 14.1. The summed E-state index contributed by atoms with van der Waals surface area (Å²) in [5.74, 6) is -4.72. The molecule has 1 saturated heterocycles. The molecule has 0 aliphatic carbocycles. The lowest BCUT2D eigenvalue weighted by molar-refractivity contribution is -0.118. The molecular weight excluding hydrogens is 399 g/mol. The van der Waals surface area contributed by atoms with Crippen LogP contribution >= 0.6 is 0 Å². The first-order valence-corrected chi connectivity index (χ1v) is 9.51. The lowest BCUT2D eigenvalue weighted by Crippen LogP contribution is -2.39. The highest BCUT2D eigenvalue weighted by molar-refractivity contribution is 6.05. The number of pyridine rings is 2. The van der Waals surface area contributed by atoms with Crippen molar-refractivity contribution in [1.29, 1.82) is 0 Å². The summed E-state index contributed by atoms with van der Waals surface area (Å²) in [6, 6.07) is 4.34. The van der Waals surface area contributed by atoms with Gasteiger partial charge in [0.25, 0.3) is 11.8 Å². The molecule has 3 heterocycles. The molecule has 1 fully saturated rings. The average molecular weight is 421 g/mol. The molecule has 30 heavy (non-hydrogen) atoms. The summed E-state index contributed by atoms with van der Waals surface area (Å²) in [6.07, 6.45) is 1.80. The monoisotopic (exact) mass is 421 g/mol. The number of nitrogens with one attached hydrogen (secondary N) is 2. The molecule has 2 aromatic rings. The fourth-order valence-corrected chi connectivity index (χ4v) is 2.91. The SMILES string of the molecule is CC(C)C(=O)Nc1cc(C(=O)Nc2cc(N3CCC(F)(F)CC3)ccn2)c(F)cn1. The number of halogens is 3. The first-order chi connectivity index (χ1) is 14.1. The van der Waals surface area contributed by atoms with E-state index in [1.165, 1.54) is 6.20 Å². The van der Waals surface area contributed by atoms with Crippen molar-refractivity contribution in [2.45, 2.75) is 32.6 Å². The van der Waals surface area contributed by atoms with Gasteiger partial charge in [-0.15, -0.1) is 0 Å². The molecule has 10 heteroatoms. The van der Waals surface area contributed by atoms with Crippen LogP contribution in [0.1, 0.15) is 37.0 Å². The summed E-state index contributed by atoms with van der Waals surface area (Å²) in [5.41, 5.74) is 0.324. The van der Waals surface area contributed by atoms with E-state index in [0.717, 1.165) is 12.3 Å². The zero-order chi connectivity index (χ0) is 21.9. The highest BCUT2D eigenvalue weighted by Crippen LogP contribution is 2.31. The van der Waals surface area contributed by atoms with Crippen LogP contribution < -0.4 is 15.5 Å². The number of nitrogens with zero attached hydrogens (tertiary/aromatic N) is 3. The van der Waals surface area contributed by atoms with Gasteiger partial charge < -0.3 is 15.5 Å². The number of alkyl halides is 2. The van der Waals surface area contributed by atoms with E-state index in [1.54, 1.807) is 30.9 Å². The number of hydrogen-bond donors (Lipinski definition) is 2. The fraction of sp³-hybridized carbons (Fsp3) is 0.400. The van der Waals surface area contributed by atoms with Crippen molar-refractivity contribution in [1.82, 2.24) is 9.97 Å². The van der Waals surface area contributed by atoms with E-state index in [2.05, 4.69) is 20.6 Å². The molecule has 7 nitrogen and oxygen atoms in total. The van der Waals surface area contributed by atoms with Crippen LogP contribution in [-0.4, -0.2) is 40.8 Å². The smallest absolute Gasteiger partial charge is 0.259 e. The molecule has 3 rings (SSSR count). The summed E-state index contributed by atoms with van der Waals surface area (Å²) in [7, 11) is 0. The van der Waals surface area contributed by atoms with Crippen molar-refractivity contribution in [3.8, 4) is 0 Å². The topological polar surface area (TPSA) is 87.2 Å². The van der Waals surface area contributed by atoms with Gasteiger partial charge in [-0.2, -0.15) is 0 Å². The maximum absolute atomic E-state index is 14.1. The van der Waals surface area contributed by atoms with Crippen molar-refractivity contribution in [2.75, 3.05) is 28.6 Å². The minimum atomic E-state index is -2.66. The van der Waals surface area contributed by atoms with E-state index < -0.39 is 17.6 Å². The molecule has 2 N–H and O–H groups in total. The standard InChI is InChI=1S/C20H22F3N5O2/c1-12(2)18(29)26-17-10-14(15(21)11-25-17)19(30)27-16-9-13(3-6-24-16)28-7-4-20(22,23)5-8-28/h3,6,9-12H,4-5,7-8H2,1-2H3,(H,24,27,30)(H,25,26,29). The zero-order valence-electron chi connectivity index (χ0n) is 16.6. The van der Waals surface area contributed by atoms with Crippen LogP contribution in [0.3, 0.4) is 0 Å². The predicted octanol–water partition coefficient (Wildman–Crippen LogP) is 3.70. The Morgan fingerprint density at radius 2 is 1.77 bits per heavy atom. The molecule has 0 spiro atoms. The van der Waals surface area contributed by atoms with Gasteiger partial charge in [-0.1, -0.05) is 13.8 Å². The maximum Gasteiger partial charge on any atom is 0.259 e. The Kier molecular flexibility index (Phi) is 6.23. The van der Waals surface area contributed by atoms with E-state index in [1.807, 2.05) is 0 Å². The van der Waals surface area contributed by atoms with Crippen LogP contribution in [0.25, 0.3) is 0 Å². The first kappa shape index (κ1) is 21.5. The normalized spacial score (nSPS) is 15.7. The van der Waals surface area contributed by atoms with E-state index in [-0.39, 0.29) is 55.0 Å². The van der Waals surface area contributed by atoms with Crippen molar-refractivity contribution in [2.24, 2.45) is 5.92 Å². The molecule has 2 amide bonds. The van der Waals surface area contributed by atoms with Gasteiger partial charge in [0, 0.05) is 49.8 Å². The average Bonchev–Trinajstić information content (AvgIpc) is 2.69. The van der Waals surface area contributed by atoms with Crippen LogP contribution in [0.4, 0.5) is 30.5 Å². The largest absolute Gasteiger partial charge is 0.371 e. The second-order valence-electron chi connectivity index (χ2n) is 7.39. The summed E-state index contributed by atoms with van der Waals surface area (Å²) in [5, 5.41) is 5.00. The van der Waals surface area contributed by atoms with Crippen LogP contribution in [0.5, 0.6) is 0 Å². The third-order valence-corrected chi connectivity index (χ3v) is 4.72. The molecule has 0 atom stereocenters. The quantitative estimate of drug-likeness (QED) is 0.769. The van der Waals surface area contributed by atoms with E-state index in [9.17, 15) is 22.8 Å². The Morgan fingerprint density at radius 3 is 2.43 bits per heavy atom. The number of anilines is 3. The highest BCUT2D eigenvalue weighted by Gasteiger charge is 2.34. The van der Waals surface area contributed by atoms with Crippen molar-refractivity contribution in [3.05, 3.63) is 42.0 Å².